The lowest BCUT2D eigenvalue weighted by molar-refractivity contribution is 0.370. The average molecular weight is 242 g/mol. The molecule has 1 atom stereocenters. The Morgan fingerprint density at radius 3 is 2.31 bits per heavy atom. The molecule has 90 valence electrons. The summed E-state index contributed by atoms with van der Waals surface area (Å²) >= 11 is 0. The van der Waals surface area contributed by atoms with Gasteiger partial charge in [-0.25, -0.2) is 0 Å². The van der Waals surface area contributed by atoms with Crippen LogP contribution in [0.5, 0.6) is 0 Å². The Labute approximate surface area is 96.7 Å². The molecule has 2 N–H and O–H groups in total. The van der Waals surface area contributed by atoms with Crippen LogP contribution in [0.1, 0.15) is 36.8 Å². The molecule has 0 aliphatic heterocycles. The van der Waals surface area contributed by atoms with Crippen LogP contribution in [0.3, 0.4) is 0 Å². The molecule has 0 bridgehead atoms. The van der Waals surface area contributed by atoms with Gasteiger partial charge >= 0.3 is 7.60 Å². The fourth-order valence-corrected chi connectivity index (χ4v) is 2.26. The first-order valence-corrected chi connectivity index (χ1v) is 7.29. The van der Waals surface area contributed by atoms with E-state index in [0.29, 0.717) is 12.3 Å². The standard InChI is InChI=1S/C12H19O3P/c1-10-5-7-12(8-6-10)11(2)4-3-9-16(13,14)15/h5-8,11H,3-4,9H2,1-2H3,(H2,13,14,15). The first-order chi connectivity index (χ1) is 7.38. The molecule has 16 heavy (non-hydrogen) atoms. The smallest absolute Gasteiger partial charge is 0.324 e. The second kappa shape index (κ2) is 5.62. The molecule has 1 aromatic carbocycles. The van der Waals surface area contributed by atoms with Gasteiger partial charge in [-0.2, -0.15) is 0 Å². The minimum atomic E-state index is -3.82. The maximum absolute atomic E-state index is 10.7. The normalized spacial score (nSPS) is 13.8. The van der Waals surface area contributed by atoms with Crippen LogP contribution in [-0.2, 0) is 4.57 Å². The molecule has 3 nitrogen and oxygen atoms in total. The van der Waals surface area contributed by atoms with Gasteiger partial charge in [0.2, 0.25) is 0 Å². The van der Waals surface area contributed by atoms with Gasteiger partial charge in [0.05, 0.1) is 0 Å². The Kier molecular flexibility index (Phi) is 4.72. The minimum Gasteiger partial charge on any atom is -0.324 e. The predicted molar refractivity (Wildman–Crippen MR) is 65.7 cm³/mol. The van der Waals surface area contributed by atoms with Crippen LogP contribution in [0, 0.1) is 6.92 Å². The summed E-state index contributed by atoms with van der Waals surface area (Å²) in [4.78, 5) is 17.5. The average Bonchev–Trinajstić information content (AvgIpc) is 2.16. The van der Waals surface area contributed by atoms with Crippen molar-refractivity contribution in [1.82, 2.24) is 0 Å². The first kappa shape index (κ1) is 13.4. The van der Waals surface area contributed by atoms with Crippen LogP contribution in [0.4, 0.5) is 0 Å². The van der Waals surface area contributed by atoms with Crippen molar-refractivity contribution in [1.29, 1.82) is 0 Å². The van der Waals surface area contributed by atoms with Crippen LogP contribution in [0.2, 0.25) is 0 Å². The summed E-state index contributed by atoms with van der Waals surface area (Å²) in [5.74, 6) is 0.354. The molecule has 0 fully saturated rings. The molecule has 0 amide bonds. The van der Waals surface area contributed by atoms with E-state index in [9.17, 15) is 4.57 Å². The van der Waals surface area contributed by atoms with Gasteiger partial charge in [0.1, 0.15) is 0 Å². The third-order valence-electron chi connectivity index (χ3n) is 2.73. The molecule has 1 rings (SSSR count). The highest BCUT2D eigenvalue weighted by Crippen LogP contribution is 2.36. The van der Waals surface area contributed by atoms with Crippen molar-refractivity contribution >= 4 is 7.60 Å². The molecular formula is C12H19O3P. The Morgan fingerprint density at radius 1 is 1.25 bits per heavy atom. The van der Waals surface area contributed by atoms with Gasteiger partial charge in [0, 0.05) is 6.16 Å². The van der Waals surface area contributed by atoms with E-state index in [0.717, 1.165) is 6.42 Å². The van der Waals surface area contributed by atoms with Gasteiger partial charge in [0.15, 0.2) is 0 Å². The van der Waals surface area contributed by atoms with E-state index >= 15 is 0 Å². The van der Waals surface area contributed by atoms with Crippen molar-refractivity contribution in [3.05, 3.63) is 35.4 Å². The van der Waals surface area contributed by atoms with Gasteiger partial charge in [-0.05, 0) is 31.2 Å². The van der Waals surface area contributed by atoms with Gasteiger partial charge in [0.25, 0.3) is 0 Å². The Morgan fingerprint density at radius 2 is 1.81 bits per heavy atom. The third kappa shape index (κ3) is 4.93. The summed E-state index contributed by atoms with van der Waals surface area (Å²) in [7, 11) is -3.82. The predicted octanol–water partition coefficient (Wildman–Crippen LogP) is 3.06. The molecule has 0 aliphatic carbocycles. The largest absolute Gasteiger partial charge is 0.325 e. The topological polar surface area (TPSA) is 57.5 Å². The van der Waals surface area contributed by atoms with E-state index in [2.05, 4.69) is 31.2 Å². The maximum atomic E-state index is 10.7. The quantitative estimate of drug-likeness (QED) is 0.780. The Hall–Kier alpha value is -0.630. The molecule has 0 aliphatic rings. The molecule has 0 spiro atoms. The van der Waals surface area contributed by atoms with Crippen LogP contribution in [-0.4, -0.2) is 15.9 Å². The van der Waals surface area contributed by atoms with Gasteiger partial charge in [-0.1, -0.05) is 36.8 Å². The summed E-state index contributed by atoms with van der Waals surface area (Å²) in [5, 5.41) is 0. The number of hydrogen-bond acceptors (Lipinski definition) is 1. The lowest BCUT2D eigenvalue weighted by Crippen LogP contribution is -1.96. The van der Waals surface area contributed by atoms with E-state index in [1.54, 1.807) is 0 Å². The molecule has 0 saturated heterocycles. The zero-order valence-electron chi connectivity index (χ0n) is 9.76. The zero-order chi connectivity index (χ0) is 12.2. The first-order valence-electron chi connectivity index (χ1n) is 5.49. The SMILES string of the molecule is Cc1ccc(C(C)CCCP(=O)(O)O)cc1. The molecule has 0 aromatic heterocycles. The summed E-state index contributed by atoms with van der Waals surface area (Å²) in [5.41, 5.74) is 2.46. The van der Waals surface area contributed by atoms with Crippen molar-refractivity contribution in [2.75, 3.05) is 6.16 Å². The van der Waals surface area contributed by atoms with Crippen LogP contribution < -0.4 is 0 Å². The van der Waals surface area contributed by atoms with E-state index in [4.69, 9.17) is 9.79 Å². The Balaban J connectivity index is 2.44. The maximum Gasteiger partial charge on any atom is 0.325 e. The fourth-order valence-electron chi connectivity index (χ4n) is 1.67. The lowest BCUT2D eigenvalue weighted by atomic mass is 9.96. The number of aryl methyl sites for hydroxylation is 1. The zero-order valence-corrected chi connectivity index (χ0v) is 10.7. The summed E-state index contributed by atoms with van der Waals surface area (Å²) in [6.45, 7) is 4.13. The van der Waals surface area contributed by atoms with Gasteiger partial charge < -0.3 is 9.79 Å². The van der Waals surface area contributed by atoms with Crippen molar-refractivity contribution in [3.63, 3.8) is 0 Å². The molecular weight excluding hydrogens is 223 g/mol. The molecule has 0 radical (unpaired) electrons. The van der Waals surface area contributed by atoms with E-state index in [-0.39, 0.29) is 6.16 Å². The number of hydrogen-bond donors (Lipinski definition) is 2. The summed E-state index contributed by atoms with van der Waals surface area (Å²) in [6.07, 6.45) is 1.37. The van der Waals surface area contributed by atoms with Gasteiger partial charge in [-0.15, -0.1) is 0 Å². The molecule has 0 saturated carbocycles. The highest BCUT2D eigenvalue weighted by molar-refractivity contribution is 7.51. The van der Waals surface area contributed by atoms with E-state index in [1.165, 1.54) is 11.1 Å². The summed E-state index contributed by atoms with van der Waals surface area (Å²) < 4.78 is 10.7. The highest BCUT2D eigenvalue weighted by atomic mass is 31.2. The highest BCUT2D eigenvalue weighted by Gasteiger charge is 2.13. The van der Waals surface area contributed by atoms with E-state index < -0.39 is 7.60 Å². The van der Waals surface area contributed by atoms with Crippen LogP contribution >= 0.6 is 7.60 Å². The monoisotopic (exact) mass is 242 g/mol. The minimum absolute atomic E-state index is 0.0107. The molecule has 1 unspecified atom stereocenters. The molecule has 1 aromatic rings. The second-order valence-corrected chi connectivity index (χ2v) is 6.12. The van der Waals surface area contributed by atoms with Crippen molar-refractivity contribution in [2.24, 2.45) is 0 Å². The van der Waals surface area contributed by atoms with Crippen molar-refractivity contribution in [3.8, 4) is 0 Å². The Bertz CT molecular complexity index is 366. The van der Waals surface area contributed by atoms with Crippen molar-refractivity contribution in [2.45, 2.75) is 32.6 Å². The van der Waals surface area contributed by atoms with Crippen LogP contribution in [0.15, 0.2) is 24.3 Å². The lowest BCUT2D eigenvalue weighted by Gasteiger charge is -2.12. The summed E-state index contributed by atoms with van der Waals surface area (Å²) in [6, 6.07) is 8.29. The molecule has 0 heterocycles. The van der Waals surface area contributed by atoms with Gasteiger partial charge in [-0.3, -0.25) is 4.57 Å². The van der Waals surface area contributed by atoms with Crippen molar-refractivity contribution < 1.29 is 14.4 Å². The second-order valence-electron chi connectivity index (χ2n) is 4.34. The third-order valence-corrected chi connectivity index (χ3v) is 3.63. The van der Waals surface area contributed by atoms with Crippen LogP contribution in [0.25, 0.3) is 0 Å². The molecule has 4 heteroatoms. The number of benzene rings is 1. The number of rotatable bonds is 5. The fraction of sp³-hybridized carbons (Fsp3) is 0.500. The van der Waals surface area contributed by atoms with E-state index in [1.807, 2.05) is 6.92 Å².